The average Bonchev–Trinajstić information content (AvgIpc) is 1.55. The van der Waals surface area contributed by atoms with Crippen molar-refractivity contribution in [3.8, 4) is 0 Å². The predicted molar refractivity (Wildman–Crippen MR) is 31.9 cm³/mol. The highest BCUT2D eigenvalue weighted by Gasteiger charge is 2.14. The van der Waals surface area contributed by atoms with E-state index in [9.17, 15) is 0 Å². The Labute approximate surface area is 45.2 Å². The fourth-order valence-corrected chi connectivity index (χ4v) is 0.835. The van der Waals surface area contributed by atoms with Gasteiger partial charge in [0.05, 0.1) is 0 Å². The van der Waals surface area contributed by atoms with Crippen LogP contribution in [0.5, 0.6) is 0 Å². The molecule has 1 rings (SSSR count). The zero-order valence-corrected chi connectivity index (χ0v) is 4.61. The van der Waals surface area contributed by atoms with E-state index in [1.807, 2.05) is 6.08 Å². The fourth-order valence-electron chi connectivity index (χ4n) is 0.835. The molecule has 0 heterocycles. The molecule has 0 aromatic carbocycles. The lowest BCUT2D eigenvalue weighted by molar-refractivity contribution is 0.533. The van der Waals surface area contributed by atoms with Gasteiger partial charge in [0.25, 0.3) is 0 Å². The second-order valence-electron chi connectivity index (χ2n) is 2.10. The van der Waals surface area contributed by atoms with Crippen LogP contribution in [-0.4, -0.2) is 0 Å². The summed E-state index contributed by atoms with van der Waals surface area (Å²) >= 11 is 0. The van der Waals surface area contributed by atoms with Crippen molar-refractivity contribution in [3.63, 3.8) is 0 Å². The summed E-state index contributed by atoms with van der Waals surface area (Å²) in [5, 5.41) is 0. The summed E-state index contributed by atoms with van der Waals surface area (Å²) in [5.74, 6) is 1.69. The SMILES string of the molecule is C=CC[C]1CCC1. The van der Waals surface area contributed by atoms with E-state index in [1.54, 1.807) is 5.92 Å². The molecule has 0 bridgehead atoms. The van der Waals surface area contributed by atoms with Gasteiger partial charge in [0.15, 0.2) is 0 Å². The topological polar surface area (TPSA) is 0 Å². The molecule has 1 fully saturated rings. The van der Waals surface area contributed by atoms with E-state index in [-0.39, 0.29) is 0 Å². The van der Waals surface area contributed by atoms with Crippen molar-refractivity contribution < 1.29 is 0 Å². The van der Waals surface area contributed by atoms with Gasteiger partial charge in [-0.15, -0.1) is 6.58 Å². The van der Waals surface area contributed by atoms with Gasteiger partial charge in [0.2, 0.25) is 0 Å². The van der Waals surface area contributed by atoms with Gasteiger partial charge in [-0.2, -0.15) is 0 Å². The number of rotatable bonds is 2. The molecule has 1 saturated carbocycles. The van der Waals surface area contributed by atoms with Gasteiger partial charge in [-0.1, -0.05) is 12.5 Å². The summed E-state index contributed by atoms with van der Waals surface area (Å²) in [4.78, 5) is 0. The van der Waals surface area contributed by atoms with Crippen molar-refractivity contribution >= 4 is 0 Å². The summed E-state index contributed by atoms with van der Waals surface area (Å²) in [6, 6.07) is 0. The Morgan fingerprint density at radius 2 is 2.29 bits per heavy atom. The third kappa shape index (κ3) is 1.05. The van der Waals surface area contributed by atoms with Gasteiger partial charge in [0.1, 0.15) is 0 Å². The Hall–Kier alpha value is -0.260. The van der Waals surface area contributed by atoms with Crippen LogP contribution < -0.4 is 0 Å². The molecule has 0 heteroatoms. The Bertz CT molecular complexity index is 60.4. The van der Waals surface area contributed by atoms with E-state index >= 15 is 0 Å². The van der Waals surface area contributed by atoms with Crippen LogP contribution in [-0.2, 0) is 0 Å². The third-order valence-electron chi connectivity index (χ3n) is 1.49. The first-order valence-corrected chi connectivity index (χ1v) is 2.88. The van der Waals surface area contributed by atoms with Crippen molar-refractivity contribution in [3.05, 3.63) is 18.6 Å². The number of hydrogen-bond acceptors (Lipinski definition) is 0. The number of allylic oxidation sites excluding steroid dienone is 1. The minimum atomic E-state index is 1.17. The minimum absolute atomic E-state index is 1.17. The van der Waals surface area contributed by atoms with Crippen LogP contribution in [0.3, 0.4) is 0 Å². The van der Waals surface area contributed by atoms with E-state index in [0.717, 1.165) is 0 Å². The summed E-state index contributed by atoms with van der Waals surface area (Å²) < 4.78 is 0. The van der Waals surface area contributed by atoms with E-state index < -0.39 is 0 Å². The Morgan fingerprint density at radius 3 is 2.43 bits per heavy atom. The van der Waals surface area contributed by atoms with Gasteiger partial charge in [0, 0.05) is 0 Å². The molecule has 0 aromatic rings. The highest BCUT2D eigenvalue weighted by molar-refractivity contribution is 5.02. The molecule has 0 atom stereocenters. The molecule has 0 unspecified atom stereocenters. The number of hydrogen-bond donors (Lipinski definition) is 0. The highest BCUT2D eigenvalue weighted by atomic mass is 14.2. The first-order valence-electron chi connectivity index (χ1n) is 2.88. The normalized spacial score (nSPS) is 21.1. The van der Waals surface area contributed by atoms with Gasteiger partial charge in [-0.3, -0.25) is 0 Å². The Balaban J connectivity index is 2.03. The van der Waals surface area contributed by atoms with Crippen LogP contribution in [0.2, 0.25) is 0 Å². The zero-order valence-electron chi connectivity index (χ0n) is 4.61. The van der Waals surface area contributed by atoms with E-state index in [1.165, 1.54) is 25.7 Å². The second kappa shape index (κ2) is 2.15. The summed E-state index contributed by atoms with van der Waals surface area (Å²) in [6.45, 7) is 3.66. The molecule has 1 aliphatic rings. The van der Waals surface area contributed by atoms with Gasteiger partial charge in [-0.25, -0.2) is 0 Å². The molecule has 0 aromatic heterocycles. The Kier molecular flexibility index (Phi) is 1.50. The predicted octanol–water partition coefficient (Wildman–Crippen LogP) is 2.32. The monoisotopic (exact) mass is 95.1 g/mol. The quantitative estimate of drug-likeness (QED) is 0.462. The van der Waals surface area contributed by atoms with Crippen LogP contribution in [0.25, 0.3) is 0 Å². The maximum atomic E-state index is 3.66. The van der Waals surface area contributed by atoms with Crippen molar-refractivity contribution in [2.75, 3.05) is 0 Å². The standard InChI is InChI=1S/C7H11/c1-2-4-7-5-3-6-7/h2H,1,3-6H2. The highest BCUT2D eigenvalue weighted by Crippen LogP contribution is 2.31. The first kappa shape index (κ1) is 4.89. The molecule has 7 heavy (non-hydrogen) atoms. The smallest absolute Gasteiger partial charge is 0.0204 e. The Morgan fingerprint density at radius 1 is 1.57 bits per heavy atom. The molecule has 1 aliphatic carbocycles. The van der Waals surface area contributed by atoms with Crippen LogP contribution >= 0.6 is 0 Å². The molecule has 0 saturated heterocycles. The summed E-state index contributed by atoms with van der Waals surface area (Å²) in [7, 11) is 0. The first-order chi connectivity index (χ1) is 3.43. The lowest BCUT2D eigenvalue weighted by atomic mass is 9.83. The summed E-state index contributed by atoms with van der Waals surface area (Å²) in [5.41, 5.74) is 0. The van der Waals surface area contributed by atoms with Crippen molar-refractivity contribution in [2.24, 2.45) is 0 Å². The molecular weight excluding hydrogens is 84.1 g/mol. The van der Waals surface area contributed by atoms with Crippen LogP contribution in [0, 0.1) is 5.92 Å². The lowest BCUT2D eigenvalue weighted by Gasteiger charge is -2.22. The van der Waals surface area contributed by atoms with Crippen molar-refractivity contribution in [1.82, 2.24) is 0 Å². The van der Waals surface area contributed by atoms with E-state index in [2.05, 4.69) is 6.58 Å². The van der Waals surface area contributed by atoms with Gasteiger partial charge in [-0.05, 0) is 25.2 Å². The largest absolute Gasteiger partial charge is 0.103 e. The van der Waals surface area contributed by atoms with Gasteiger partial charge < -0.3 is 0 Å². The minimum Gasteiger partial charge on any atom is -0.103 e. The van der Waals surface area contributed by atoms with Crippen LogP contribution in [0.1, 0.15) is 25.7 Å². The average molecular weight is 95.2 g/mol. The van der Waals surface area contributed by atoms with E-state index in [4.69, 9.17) is 0 Å². The maximum Gasteiger partial charge on any atom is -0.0204 e. The molecule has 0 aliphatic heterocycles. The molecule has 0 amide bonds. The van der Waals surface area contributed by atoms with E-state index in [0.29, 0.717) is 0 Å². The van der Waals surface area contributed by atoms with Crippen molar-refractivity contribution in [2.45, 2.75) is 25.7 Å². The van der Waals surface area contributed by atoms with Crippen LogP contribution in [0.15, 0.2) is 12.7 Å². The zero-order chi connectivity index (χ0) is 5.11. The lowest BCUT2D eigenvalue weighted by Crippen LogP contribution is -2.06. The third-order valence-corrected chi connectivity index (χ3v) is 1.49. The molecular formula is C7H11. The second-order valence-corrected chi connectivity index (χ2v) is 2.10. The molecule has 1 radical (unpaired) electrons. The summed E-state index contributed by atoms with van der Waals surface area (Å²) in [6.07, 6.45) is 7.32. The van der Waals surface area contributed by atoms with Gasteiger partial charge >= 0.3 is 0 Å². The van der Waals surface area contributed by atoms with Crippen molar-refractivity contribution in [1.29, 1.82) is 0 Å². The molecule has 0 N–H and O–H groups in total. The molecule has 39 valence electrons. The molecule has 0 spiro atoms. The fraction of sp³-hybridized carbons (Fsp3) is 0.571. The van der Waals surface area contributed by atoms with Crippen LogP contribution in [0.4, 0.5) is 0 Å². The maximum absolute atomic E-state index is 3.66. The molecule has 0 nitrogen and oxygen atoms in total.